The first-order valence-corrected chi connectivity index (χ1v) is 8.03. The minimum Gasteiger partial charge on any atom is -0.378 e. The maximum Gasteiger partial charge on any atom is 0.0474 e. The van der Waals surface area contributed by atoms with Crippen LogP contribution in [0, 0.1) is 0 Å². The zero-order valence-corrected chi connectivity index (χ0v) is 13.9. The van der Waals surface area contributed by atoms with Crippen LogP contribution in [0.15, 0.2) is 30.9 Å². The van der Waals surface area contributed by atoms with Crippen LogP contribution in [0.3, 0.4) is 0 Å². The fraction of sp³-hybridized carbons (Fsp3) is 0.529. The molecule has 0 spiro atoms. The number of benzene rings is 1. The zero-order valence-electron chi connectivity index (χ0n) is 13.1. The van der Waals surface area contributed by atoms with E-state index in [1.807, 2.05) is 20.2 Å². The predicted molar refractivity (Wildman–Crippen MR) is 92.4 cm³/mol. The minimum atomic E-state index is 0.383. The topological polar surface area (TPSA) is 18.5 Å². The van der Waals surface area contributed by atoms with Gasteiger partial charge in [-0.25, -0.2) is 0 Å². The van der Waals surface area contributed by atoms with Gasteiger partial charge in [-0.2, -0.15) is 0 Å². The van der Waals surface area contributed by atoms with Crippen molar-refractivity contribution >= 4 is 17.3 Å². The van der Waals surface area contributed by atoms with E-state index in [2.05, 4.69) is 39.9 Å². The van der Waals surface area contributed by atoms with Crippen molar-refractivity contribution in [3.8, 4) is 0 Å². The molecule has 1 aromatic rings. The second-order valence-corrected chi connectivity index (χ2v) is 6.18. The van der Waals surface area contributed by atoms with Gasteiger partial charge in [0.05, 0.1) is 0 Å². The highest BCUT2D eigenvalue weighted by Crippen LogP contribution is 2.33. The molecular formula is C17H26ClN3. The van der Waals surface area contributed by atoms with Gasteiger partial charge in [0, 0.05) is 57.0 Å². The molecule has 2 rings (SSSR count). The first-order valence-electron chi connectivity index (χ1n) is 7.66. The molecular weight excluding hydrogens is 282 g/mol. The van der Waals surface area contributed by atoms with E-state index in [1.54, 1.807) is 0 Å². The van der Waals surface area contributed by atoms with E-state index in [0.29, 0.717) is 6.04 Å². The van der Waals surface area contributed by atoms with Crippen LogP contribution >= 0.6 is 11.6 Å². The van der Waals surface area contributed by atoms with Crippen LogP contribution < -0.4 is 10.2 Å². The Balaban J connectivity index is 2.24. The van der Waals surface area contributed by atoms with Crippen LogP contribution in [0.5, 0.6) is 0 Å². The van der Waals surface area contributed by atoms with Crippen LogP contribution in [-0.4, -0.2) is 45.2 Å². The Hall–Kier alpha value is -1.03. The van der Waals surface area contributed by atoms with Crippen LogP contribution in [-0.2, 0) is 0 Å². The minimum absolute atomic E-state index is 0.383. The molecule has 0 aromatic heterocycles. The summed E-state index contributed by atoms with van der Waals surface area (Å²) in [5, 5.41) is 4.28. The first-order chi connectivity index (χ1) is 10.1. The third-order valence-electron chi connectivity index (χ3n) is 4.10. The average molecular weight is 308 g/mol. The molecule has 1 saturated heterocycles. The smallest absolute Gasteiger partial charge is 0.0474 e. The van der Waals surface area contributed by atoms with Gasteiger partial charge in [-0.3, -0.25) is 4.90 Å². The number of piperazine rings is 1. The molecule has 4 heteroatoms. The molecule has 3 nitrogen and oxygen atoms in total. The summed E-state index contributed by atoms with van der Waals surface area (Å²) in [6.07, 6.45) is 4.09. The highest BCUT2D eigenvalue weighted by atomic mass is 35.5. The lowest BCUT2D eigenvalue weighted by molar-refractivity contribution is 0.166. The van der Waals surface area contributed by atoms with Gasteiger partial charge < -0.3 is 10.2 Å². The number of halogens is 1. The van der Waals surface area contributed by atoms with Crippen LogP contribution in [0.2, 0.25) is 5.02 Å². The van der Waals surface area contributed by atoms with E-state index in [4.69, 9.17) is 11.6 Å². The number of hydrogen-bond acceptors (Lipinski definition) is 3. The molecule has 1 atom stereocenters. The summed E-state index contributed by atoms with van der Waals surface area (Å²) < 4.78 is 0. The van der Waals surface area contributed by atoms with Gasteiger partial charge in [0.25, 0.3) is 0 Å². The Bertz CT molecular complexity index is 467. The van der Waals surface area contributed by atoms with E-state index in [0.717, 1.165) is 49.7 Å². The van der Waals surface area contributed by atoms with Gasteiger partial charge in [-0.1, -0.05) is 23.7 Å². The van der Waals surface area contributed by atoms with E-state index in [-0.39, 0.29) is 0 Å². The molecule has 0 radical (unpaired) electrons. The Labute approximate surface area is 133 Å². The summed E-state index contributed by atoms with van der Waals surface area (Å²) in [6, 6.07) is 6.80. The standard InChI is InChI=1S/C17H26ClN3/c1-4-5-6-17(21-11-9-19-10-12-21)15-8-7-14(20(2)3)13-16(15)18/h4,7-8,13,17,19H,1,5-6,9-12H2,2-3H3/t17-/m0/s1. The summed E-state index contributed by atoms with van der Waals surface area (Å²) >= 11 is 6.57. The SMILES string of the molecule is C=CCC[C@@H](c1ccc(N(C)C)cc1Cl)N1CCNCC1. The summed E-state index contributed by atoms with van der Waals surface area (Å²) in [5.41, 5.74) is 2.39. The highest BCUT2D eigenvalue weighted by Gasteiger charge is 2.23. The van der Waals surface area contributed by atoms with Gasteiger partial charge in [-0.05, 0) is 30.5 Å². The molecule has 1 N–H and O–H groups in total. The van der Waals surface area contributed by atoms with Crippen molar-refractivity contribution in [2.45, 2.75) is 18.9 Å². The second-order valence-electron chi connectivity index (χ2n) is 5.77. The monoisotopic (exact) mass is 307 g/mol. The maximum absolute atomic E-state index is 6.57. The molecule has 0 bridgehead atoms. The average Bonchev–Trinajstić information content (AvgIpc) is 2.50. The van der Waals surface area contributed by atoms with Crippen LogP contribution in [0.4, 0.5) is 5.69 Å². The Kier molecular flexibility index (Phi) is 6.09. The molecule has 0 amide bonds. The molecule has 21 heavy (non-hydrogen) atoms. The van der Waals surface area contributed by atoms with Crippen molar-refractivity contribution < 1.29 is 0 Å². The largest absolute Gasteiger partial charge is 0.378 e. The number of nitrogens with one attached hydrogen (secondary N) is 1. The molecule has 1 aromatic carbocycles. The van der Waals surface area contributed by atoms with Gasteiger partial charge in [0.1, 0.15) is 0 Å². The van der Waals surface area contributed by atoms with Gasteiger partial charge >= 0.3 is 0 Å². The number of anilines is 1. The van der Waals surface area contributed by atoms with Crippen molar-refractivity contribution in [2.75, 3.05) is 45.2 Å². The quantitative estimate of drug-likeness (QED) is 0.813. The molecule has 0 saturated carbocycles. The number of hydrogen-bond donors (Lipinski definition) is 1. The van der Waals surface area contributed by atoms with Crippen molar-refractivity contribution in [2.24, 2.45) is 0 Å². The summed E-state index contributed by atoms with van der Waals surface area (Å²) in [7, 11) is 4.08. The fourth-order valence-electron chi connectivity index (χ4n) is 2.87. The Morgan fingerprint density at radius 1 is 1.38 bits per heavy atom. The lowest BCUT2D eigenvalue weighted by atomic mass is 9.99. The Morgan fingerprint density at radius 2 is 2.10 bits per heavy atom. The molecule has 116 valence electrons. The summed E-state index contributed by atoms with van der Waals surface area (Å²) in [5.74, 6) is 0. The third kappa shape index (κ3) is 4.22. The number of allylic oxidation sites excluding steroid dienone is 1. The summed E-state index contributed by atoms with van der Waals surface area (Å²) in [4.78, 5) is 4.62. The lowest BCUT2D eigenvalue weighted by Gasteiger charge is -2.35. The number of rotatable bonds is 6. The normalized spacial score (nSPS) is 17.5. The molecule has 1 aliphatic rings. The number of nitrogens with zero attached hydrogens (tertiary/aromatic N) is 2. The van der Waals surface area contributed by atoms with E-state index in [9.17, 15) is 0 Å². The van der Waals surface area contributed by atoms with Crippen molar-refractivity contribution in [3.63, 3.8) is 0 Å². The van der Waals surface area contributed by atoms with Crippen molar-refractivity contribution in [1.29, 1.82) is 0 Å². The molecule has 1 fully saturated rings. The zero-order chi connectivity index (χ0) is 15.2. The van der Waals surface area contributed by atoms with Crippen LogP contribution in [0.1, 0.15) is 24.4 Å². The fourth-order valence-corrected chi connectivity index (χ4v) is 3.17. The van der Waals surface area contributed by atoms with Crippen molar-refractivity contribution in [3.05, 3.63) is 41.4 Å². The van der Waals surface area contributed by atoms with Gasteiger partial charge in [0.2, 0.25) is 0 Å². The second kappa shape index (κ2) is 7.83. The van der Waals surface area contributed by atoms with Crippen LogP contribution in [0.25, 0.3) is 0 Å². The van der Waals surface area contributed by atoms with Crippen molar-refractivity contribution in [1.82, 2.24) is 10.2 Å². The highest BCUT2D eigenvalue weighted by molar-refractivity contribution is 6.31. The molecule has 1 aliphatic heterocycles. The Morgan fingerprint density at radius 3 is 2.67 bits per heavy atom. The van der Waals surface area contributed by atoms with E-state index in [1.165, 1.54) is 5.56 Å². The molecule has 0 unspecified atom stereocenters. The summed E-state index contributed by atoms with van der Waals surface area (Å²) in [6.45, 7) is 8.12. The van der Waals surface area contributed by atoms with E-state index < -0.39 is 0 Å². The predicted octanol–water partition coefficient (Wildman–Crippen LogP) is 3.32. The maximum atomic E-state index is 6.57. The lowest BCUT2D eigenvalue weighted by Crippen LogP contribution is -2.45. The van der Waals surface area contributed by atoms with E-state index >= 15 is 0 Å². The molecule has 1 heterocycles. The van der Waals surface area contributed by atoms with Gasteiger partial charge in [0.15, 0.2) is 0 Å². The molecule has 0 aliphatic carbocycles. The first kappa shape index (κ1) is 16.3. The van der Waals surface area contributed by atoms with Gasteiger partial charge in [-0.15, -0.1) is 6.58 Å². The third-order valence-corrected chi connectivity index (χ3v) is 4.42.